The summed E-state index contributed by atoms with van der Waals surface area (Å²) in [5.74, 6) is 0.612. The molecular formula is C9H11BrClN3O. The summed E-state index contributed by atoms with van der Waals surface area (Å²) in [6, 6.07) is 5.29. The number of imidazole rings is 1. The lowest BCUT2D eigenvalue weighted by Crippen LogP contribution is -2.15. The van der Waals surface area contributed by atoms with Crippen molar-refractivity contribution in [1.29, 1.82) is 0 Å². The third kappa shape index (κ3) is 2.49. The number of nitrogens with zero attached hydrogens (tertiary/aromatic N) is 1. The predicted molar refractivity (Wildman–Crippen MR) is 65.1 cm³/mol. The van der Waals surface area contributed by atoms with Gasteiger partial charge < -0.3 is 15.8 Å². The molecule has 0 bridgehead atoms. The van der Waals surface area contributed by atoms with Gasteiger partial charge in [-0.3, -0.25) is 0 Å². The number of aliphatic hydroxyl groups excluding tert-OH is 1. The Bertz CT molecular complexity index is 460. The molecule has 2 aromatic rings. The van der Waals surface area contributed by atoms with Crippen molar-refractivity contribution in [2.24, 2.45) is 5.73 Å². The molecule has 0 amide bonds. The molecule has 4 nitrogen and oxygen atoms in total. The number of hydrogen-bond donors (Lipinski definition) is 3. The van der Waals surface area contributed by atoms with E-state index in [1.165, 1.54) is 0 Å². The normalized spacial score (nSPS) is 12.5. The second kappa shape index (κ2) is 4.94. The van der Waals surface area contributed by atoms with Crippen LogP contribution in [0, 0.1) is 0 Å². The van der Waals surface area contributed by atoms with Crippen LogP contribution >= 0.6 is 28.3 Å². The van der Waals surface area contributed by atoms with Crippen molar-refractivity contribution in [3.05, 3.63) is 28.5 Å². The first-order valence-corrected chi connectivity index (χ1v) is 5.01. The Kier molecular flexibility index (Phi) is 4.10. The lowest BCUT2D eigenvalue weighted by molar-refractivity contribution is 0.264. The predicted octanol–water partition coefficient (Wildman–Crippen LogP) is 1.74. The number of hydrogen-bond acceptors (Lipinski definition) is 3. The number of aromatic nitrogens is 2. The van der Waals surface area contributed by atoms with Gasteiger partial charge in [0.15, 0.2) is 0 Å². The Morgan fingerprint density at radius 1 is 1.53 bits per heavy atom. The van der Waals surface area contributed by atoms with Gasteiger partial charge in [0.25, 0.3) is 0 Å². The van der Waals surface area contributed by atoms with Gasteiger partial charge >= 0.3 is 0 Å². The fourth-order valence-corrected chi connectivity index (χ4v) is 1.62. The van der Waals surface area contributed by atoms with Crippen LogP contribution in [0.1, 0.15) is 11.9 Å². The number of benzene rings is 1. The quantitative estimate of drug-likeness (QED) is 0.789. The lowest BCUT2D eigenvalue weighted by atomic mass is 10.3. The topological polar surface area (TPSA) is 74.9 Å². The van der Waals surface area contributed by atoms with Gasteiger partial charge in [0.1, 0.15) is 5.82 Å². The standard InChI is InChI=1S/C9H10BrN3O.ClH/c10-5-1-2-7-8(3-5)13-9(12-7)6(11)4-14;/h1-3,6,14H,4,11H2,(H,12,13);1H. The number of H-pyrrole nitrogens is 1. The molecule has 6 heteroatoms. The molecule has 15 heavy (non-hydrogen) atoms. The van der Waals surface area contributed by atoms with Crippen molar-refractivity contribution in [3.63, 3.8) is 0 Å². The summed E-state index contributed by atoms with van der Waals surface area (Å²) < 4.78 is 0.984. The molecule has 82 valence electrons. The molecule has 0 spiro atoms. The van der Waals surface area contributed by atoms with Crippen LogP contribution in [0.3, 0.4) is 0 Å². The van der Waals surface area contributed by atoms with Gasteiger partial charge in [-0.2, -0.15) is 0 Å². The van der Waals surface area contributed by atoms with Crippen molar-refractivity contribution in [2.75, 3.05) is 6.61 Å². The summed E-state index contributed by atoms with van der Waals surface area (Å²) in [5.41, 5.74) is 7.41. The molecule has 1 unspecified atom stereocenters. The van der Waals surface area contributed by atoms with Crippen LogP contribution in [0.15, 0.2) is 22.7 Å². The van der Waals surface area contributed by atoms with Gasteiger partial charge in [-0.05, 0) is 18.2 Å². The highest BCUT2D eigenvalue weighted by atomic mass is 79.9. The molecule has 0 saturated carbocycles. The Balaban J connectivity index is 0.00000112. The first kappa shape index (κ1) is 12.4. The van der Waals surface area contributed by atoms with Crippen LogP contribution < -0.4 is 5.73 Å². The molecule has 0 radical (unpaired) electrons. The third-order valence-corrected chi connectivity index (χ3v) is 2.50. The van der Waals surface area contributed by atoms with E-state index in [0.29, 0.717) is 5.82 Å². The van der Waals surface area contributed by atoms with Crippen molar-refractivity contribution < 1.29 is 5.11 Å². The zero-order chi connectivity index (χ0) is 10.1. The summed E-state index contributed by atoms with van der Waals surface area (Å²) in [6.45, 7) is -0.110. The maximum Gasteiger partial charge on any atom is 0.126 e. The number of halogens is 2. The van der Waals surface area contributed by atoms with Crippen LogP contribution in [-0.4, -0.2) is 21.7 Å². The average Bonchev–Trinajstić information content (AvgIpc) is 2.59. The molecule has 0 aliphatic carbocycles. The summed E-state index contributed by atoms with van der Waals surface area (Å²) in [5, 5.41) is 8.87. The number of fused-ring (bicyclic) bond motifs is 1. The smallest absolute Gasteiger partial charge is 0.126 e. The summed E-state index contributed by atoms with van der Waals surface area (Å²) in [4.78, 5) is 7.32. The number of nitrogens with two attached hydrogens (primary N) is 1. The number of nitrogens with one attached hydrogen (secondary N) is 1. The van der Waals surface area contributed by atoms with Gasteiger partial charge in [0.05, 0.1) is 23.7 Å². The molecule has 1 aromatic carbocycles. The highest BCUT2D eigenvalue weighted by molar-refractivity contribution is 9.10. The maximum atomic E-state index is 8.87. The second-order valence-electron chi connectivity index (χ2n) is 3.07. The Morgan fingerprint density at radius 3 is 2.93 bits per heavy atom. The highest BCUT2D eigenvalue weighted by Gasteiger charge is 2.09. The van der Waals surface area contributed by atoms with E-state index in [0.717, 1.165) is 15.5 Å². The van der Waals surface area contributed by atoms with Gasteiger partial charge in [0, 0.05) is 4.47 Å². The van der Waals surface area contributed by atoms with Gasteiger partial charge in [0.2, 0.25) is 0 Å². The van der Waals surface area contributed by atoms with Crippen LogP contribution in [0.5, 0.6) is 0 Å². The highest BCUT2D eigenvalue weighted by Crippen LogP contribution is 2.19. The molecule has 1 heterocycles. The minimum atomic E-state index is -0.443. The van der Waals surface area contributed by atoms with Crippen LogP contribution in [0.4, 0.5) is 0 Å². The van der Waals surface area contributed by atoms with Crippen molar-refractivity contribution >= 4 is 39.4 Å². The van der Waals surface area contributed by atoms with Crippen molar-refractivity contribution in [3.8, 4) is 0 Å². The zero-order valence-corrected chi connectivity index (χ0v) is 10.2. The van der Waals surface area contributed by atoms with Gasteiger partial charge in [-0.1, -0.05) is 15.9 Å². The Morgan fingerprint density at radius 2 is 2.27 bits per heavy atom. The fourth-order valence-electron chi connectivity index (χ4n) is 1.26. The van der Waals surface area contributed by atoms with E-state index in [4.69, 9.17) is 10.8 Å². The van der Waals surface area contributed by atoms with Gasteiger partial charge in [-0.15, -0.1) is 12.4 Å². The Labute approximate surface area is 101 Å². The molecule has 2 rings (SSSR count). The SMILES string of the molecule is Cl.NC(CO)c1nc2ccc(Br)cc2[nH]1. The fraction of sp³-hybridized carbons (Fsp3) is 0.222. The summed E-state index contributed by atoms with van der Waals surface area (Å²) in [7, 11) is 0. The van der Waals surface area contributed by atoms with Crippen molar-refractivity contribution in [1.82, 2.24) is 9.97 Å². The molecule has 0 saturated heterocycles. The number of rotatable bonds is 2. The molecule has 0 fully saturated rings. The Hall–Kier alpha value is -0.620. The monoisotopic (exact) mass is 291 g/mol. The molecule has 0 aliphatic heterocycles. The third-order valence-electron chi connectivity index (χ3n) is 2.01. The van der Waals surface area contributed by atoms with Crippen LogP contribution in [0.25, 0.3) is 11.0 Å². The average molecular weight is 293 g/mol. The summed E-state index contributed by atoms with van der Waals surface area (Å²) in [6.07, 6.45) is 0. The largest absolute Gasteiger partial charge is 0.394 e. The first-order valence-electron chi connectivity index (χ1n) is 4.22. The number of aliphatic hydroxyl groups is 1. The van der Waals surface area contributed by atoms with E-state index in [1.54, 1.807) is 0 Å². The van der Waals surface area contributed by atoms with E-state index in [2.05, 4.69) is 25.9 Å². The van der Waals surface area contributed by atoms with E-state index < -0.39 is 6.04 Å². The molecular weight excluding hydrogens is 281 g/mol. The second-order valence-corrected chi connectivity index (χ2v) is 3.99. The minimum Gasteiger partial charge on any atom is -0.394 e. The first-order chi connectivity index (χ1) is 6.70. The summed E-state index contributed by atoms with van der Waals surface area (Å²) >= 11 is 3.37. The maximum absolute atomic E-state index is 8.87. The van der Waals surface area contributed by atoms with E-state index in [-0.39, 0.29) is 19.0 Å². The van der Waals surface area contributed by atoms with E-state index >= 15 is 0 Å². The van der Waals surface area contributed by atoms with E-state index in [9.17, 15) is 0 Å². The van der Waals surface area contributed by atoms with E-state index in [1.807, 2.05) is 18.2 Å². The lowest BCUT2D eigenvalue weighted by Gasteiger charge is -2.01. The molecule has 4 N–H and O–H groups in total. The van der Waals surface area contributed by atoms with Crippen molar-refractivity contribution in [2.45, 2.75) is 6.04 Å². The van der Waals surface area contributed by atoms with Crippen LogP contribution in [0.2, 0.25) is 0 Å². The molecule has 1 atom stereocenters. The number of aromatic amines is 1. The van der Waals surface area contributed by atoms with Crippen LogP contribution in [-0.2, 0) is 0 Å². The molecule has 0 aliphatic rings. The van der Waals surface area contributed by atoms with Gasteiger partial charge in [-0.25, -0.2) is 4.98 Å². The molecule has 1 aromatic heterocycles. The minimum absolute atomic E-state index is 0. The zero-order valence-electron chi connectivity index (χ0n) is 7.77.